The lowest BCUT2D eigenvalue weighted by atomic mass is 10.1. The van der Waals surface area contributed by atoms with Gasteiger partial charge >= 0.3 is 0 Å². The summed E-state index contributed by atoms with van der Waals surface area (Å²) >= 11 is 7.53. The fourth-order valence-electron chi connectivity index (χ4n) is 3.80. The molecule has 3 aromatic heterocycles. The van der Waals surface area contributed by atoms with Crippen molar-refractivity contribution in [1.82, 2.24) is 25.6 Å². The summed E-state index contributed by atoms with van der Waals surface area (Å²) in [6.45, 7) is 9.42. The van der Waals surface area contributed by atoms with Crippen molar-refractivity contribution in [3.8, 4) is 11.8 Å². The molecule has 8 nitrogen and oxygen atoms in total. The van der Waals surface area contributed by atoms with E-state index >= 15 is 0 Å². The molecule has 1 aliphatic heterocycles. The van der Waals surface area contributed by atoms with Crippen LogP contribution in [0.3, 0.4) is 0 Å². The average Bonchev–Trinajstić information content (AvgIpc) is 3.09. The highest BCUT2D eigenvalue weighted by atomic mass is 35.5. The number of nitrogens with zero attached hydrogens (tertiary/aromatic N) is 3. The van der Waals surface area contributed by atoms with Gasteiger partial charge < -0.3 is 20.7 Å². The van der Waals surface area contributed by atoms with E-state index in [1.165, 1.54) is 11.3 Å². The summed E-state index contributed by atoms with van der Waals surface area (Å²) in [6.07, 6.45) is 1.66. The average molecular weight is 497 g/mol. The van der Waals surface area contributed by atoms with Crippen LogP contribution in [0.25, 0.3) is 21.0 Å². The molecule has 176 valence electrons. The number of pyridine rings is 1. The molecule has 1 aromatic carbocycles. The normalized spacial score (nSPS) is 16.1. The number of carbonyl (C=O) groups excluding carboxylic acids is 1. The van der Waals surface area contributed by atoms with Gasteiger partial charge in [0, 0.05) is 58.0 Å². The van der Waals surface area contributed by atoms with Crippen LogP contribution >= 0.6 is 22.9 Å². The zero-order valence-corrected chi connectivity index (χ0v) is 20.9. The van der Waals surface area contributed by atoms with Gasteiger partial charge in [-0.15, -0.1) is 11.3 Å². The topological polar surface area (TPSA) is 101 Å². The quantitative estimate of drug-likeness (QED) is 0.337. The van der Waals surface area contributed by atoms with Crippen LogP contribution in [0.5, 0.6) is 11.8 Å². The van der Waals surface area contributed by atoms with Crippen LogP contribution in [0, 0.1) is 0 Å². The first-order valence-electron chi connectivity index (χ1n) is 11.0. The van der Waals surface area contributed by atoms with E-state index < -0.39 is 0 Å². The number of amides is 1. The number of hydrogen-bond donors (Lipinski definition) is 3. The second-order valence-corrected chi connectivity index (χ2v) is 10.8. The van der Waals surface area contributed by atoms with Gasteiger partial charge in [-0.2, -0.15) is 4.98 Å². The van der Waals surface area contributed by atoms with Crippen molar-refractivity contribution >= 4 is 55.5 Å². The molecule has 4 aromatic rings. The highest BCUT2D eigenvalue weighted by Crippen LogP contribution is 2.41. The van der Waals surface area contributed by atoms with Crippen molar-refractivity contribution in [2.24, 2.45) is 0 Å². The smallest absolute Gasteiger partial charge is 0.263 e. The van der Waals surface area contributed by atoms with E-state index in [0.29, 0.717) is 29.7 Å². The summed E-state index contributed by atoms with van der Waals surface area (Å²) < 4.78 is 7.09. The molecule has 5 rings (SSSR count). The minimum atomic E-state index is -0.0786. The molecular weight excluding hydrogens is 472 g/mol. The molecule has 0 saturated heterocycles. The number of fused-ring (bicyclic) bond motifs is 5. The van der Waals surface area contributed by atoms with Gasteiger partial charge in [-0.25, -0.2) is 9.97 Å². The predicted molar refractivity (Wildman–Crippen MR) is 136 cm³/mol. The molecule has 0 aliphatic carbocycles. The summed E-state index contributed by atoms with van der Waals surface area (Å²) in [5.41, 5.74) is 2.33. The number of carbonyl (C=O) groups is 1. The summed E-state index contributed by atoms with van der Waals surface area (Å²) in [5, 5.41) is 11.9. The van der Waals surface area contributed by atoms with Crippen LogP contribution in [0.4, 0.5) is 5.69 Å². The van der Waals surface area contributed by atoms with E-state index in [9.17, 15) is 4.79 Å². The van der Waals surface area contributed by atoms with Gasteiger partial charge in [0.1, 0.15) is 4.88 Å². The number of benzene rings is 1. The molecule has 34 heavy (non-hydrogen) atoms. The minimum absolute atomic E-state index is 0.0493. The molecule has 0 fully saturated rings. The van der Waals surface area contributed by atoms with Crippen LogP contribution < -0.4 is 20.7 Å². The van der Waals surface area contributed by atoms with Gasteiger partial charge in [-0.3, -0.25) is 4.79 Å². The van der Waals surface area contributed by atoms with Crippen LogP contribution in [0.2, 0.25) is 5.28 Å². The maximum absolute atomic E-state index is 12.6. The van der Waals surface area contributed by atoms with Gasteiger partial charge in [-0.05, 0) is 57.5 Å². The van der Waals surface area contributed by atoms with Gasteiger partial charge in [0.05, 0.1) is 11.2 Å². The van der Waals surface area contributed by atoms with Gasteiger partial charge in [0.15, 0.2) is 0 Å². The molecule has 0 spiro atoms. The molecule has 1 aliphatic rings. The lowest BCUT2D eigenvalue weighted by Crippen LogP contribution is -2.35. The first-order valence-corrected chi connectivity index (χ1v) is 12.2. The SMILES string of the molecule is C[C@@H]1CNc2c(sc3ccc4nc(Oc5nc(Cl)ncc5CNC(C)(C)C)ccc4c23)C(=O)N1. The highest BCUT2D eigenvalue weighted by Gasteiger charge is 2.25. The number of rotatable bonds is 4. The monoisotopic (exact) mass is 496 g/mol. The Morgan fingerprint density at radius 3 is 2.85 bits per heavy atom. The summed E-state index contributed by atoms with van der Waals surface area (Å²) in [4.78, 5) is 26.4. The maximum atomic E-state index is 12.6. The Kier molecular flexibility index (Phi) is 5.79. The van der Waals surface area contributed by atoms with E-state index in [0.717, 1.165) is 32.2 Å². The molecule has 0 saturated carbocycles. The Hall–Kier alpha value is -3.01. The molecule has 0 radical (unpaired) electrons. The maximum Gasteiger partial charge on any atom is 0.263 e. The number of nitrogens with one attached hydrogen (secondary N) is 3. The zero-order chi connectivity index (χ0) is 24.0. The molecular formula is C24H25ClN6O2S. The van der Waals surface area contributed by atoms with Gasteiger partial charge in [0.25, 0.3) is 5.91 Å². The fourth-order valence-corrected chi connectivity index (χ4v) is 5.03. The lowest BCUT2D eigenvalue weighted by molar-refractivity contribution is 0.0949. The number of thiophene rings is 1. The highest BCUT2D eigenvalue weighted by molar-refractivity contribution is 7.21. The van der Waals surface area contributed by atoms with Gasteiger partial charge in [-0.1, -0.05) is 0 Å². The van der Waals surface area contributed by atoms with E-state index in [-0.39, 0.29) is 22.8 Å². The summed E-state index contributed by atoms with van der Waals surface area (Å²) in [5.74, 6) is 0.715. The molecule has 0 bridgehead atoms. The largest absolute Gasteiger partial charge is 0.420 e. The molecule has 10 heteroatoms. The Balaban J connectivity index is 1.52. The summed E-state index contributed by atoms with van der Waals surface area (Å²) in [6, 6.07) is 7.76. The predicted octanol–water partition coefficient (Wildman–Crippen LogP) is 5.12. The Morgan fingerprint density at radius 1 is 1.24 bits per heavy atom. The van der Waals surface area contributed by atoms with Crippen molar-refractivity contribution in [3.63, 3.8) is 0 Å². The Bertz CT molecular complexity index is 1410. The molecule has 1 atom stereocenters. The van der Waals surface area contributed by atoms with E-state index in [2.05, 4.69) is 46.7 Å². The minimum Gasteiger partial charge on any atom is -0.420 e. The van der Waals surface area contributed by atoms with Crippen LogP contribution in [0.1, 0.15) is 42.9 Å². The Morgan fingerprint density at radius 2 is 2.06 bits per heavy atom. The number of halogens is 1. The fraction of sp³-hybridized carbons (Fsp3) is 0.333. The third kappa shape index (κ3) is 4.51. The molecule has 4 heterocycles. The van der Waals surface area contributed by atoms with Crippen molar-refractivity contribution < 1.29 is 9.53 Å². The summed E-state index contributed by atoms with van der Waals surface area (Å²) in [7, 11) is 0. The van der Waals surface area contributed by atoms with E-state index in [1.54, 1.807) is 6.20 Å². The number of hydrogen-bond acceptors (Lipinski definition) is 8. The number of anilines is 1. The number of ether oxygens (including phenoxy) is 1. The third-order valence-corrected chi connectivity index (χ3v) is 6.81. The van der Waals surface area contributed by atoms with Crippen LogP contribution in [0.15, 0.2) is 30.5 Å². The van der Waals surface area contributed by atoms with E-state index in [4.69, 9.17) is 21.3 Å². The molecule has 3 N–H and O–H groups in total. The third-order valence-electron chi connectivity index (χ3n) is 5.47. The standard InChI is InChI=1S/C24H25ClN6O2S/c1-12-9-26-19-18-14-5-8-17(30-15(14)6-7-16(18)34-20(19)21(32)29-12)33-22-13(10-27-23(25)31-22)11-28-24(2,3)4/h5-8,10,12,26,28H,9,11H2,1-4H3,(H,29,32)/t12-/m1/s1. The van der Waals surface area contributed by atoms with Gasteiger partial charge in [0.2, 0.25) is 17.0 Å². The van der Waals surface area contributed by atoms with Crippen molar-refractivity contribution in [2.45, 2.75) is 45.8 Å². The van der Waals surface area contributed by atoms with Crippen molar-refractivity contribution in [3.05, 3.63) is 46.2 Å². The second kappa shape index (κ2) is 8.65. The molecule has 1 amide bonds. The van der Waals surface area contributed by atoms with Crippen LogP contribution in [-0.2, 0) is 6.54 Å². The second-order valence-electron chi connectivity index (χ2n) is 9.39. The molecule has 0 unspecified atom stereocenters. The zero-order valence-electron chi connectivity index (χ0n) is 19.3. The first kappa shape index (κ1) is 22.8. The number of aromatic nitrogens is 3. The van der Waals surface area contributed by atoms with E-state index in [1.807, 2.05) is 31.2 Å². The van der Waals surface area contributed by atoms with Crippen LogP contribution in [-0.4, -0.2) is 39.0 Å². The lowest BCUT2D eigenvalue weighted by Gasteiger charge is -2.21. The van der Waals surface area contributed by atoms with Crippen molar-refractivity contribution in [1.29, 1.82) is 0 Å². The van der Waals surface area contributed by atoms with Crippen molar-refractivity contribution in [2.75, 3.05) is 11.9 Å². The Labute approximate surface area is 206 Å². The first-order chi connectivity index (χ1) is 16.2.